The molecule has 1 N–H and O–H groups in total. The van der Waals surface area contributed by atoms with Crippen LogP contribution in [-0.2, 0) is 4.79 Å². The summed E-state index contributed by atoms with van der Waals surface area (Å²) in [5, 5.41) is 6.81. The molecule has 1 aliphatic carbocycles. The third-order valence-corrected chi connectivity index (χ3v) is 4.81. The van der Waals surface area contributed by atoms with Crippen LogP contribution < -0.4 is 0 Å². The molecule has 1 saturated carbocycles. The first-order valence-corrected chi connectivity index (χ1v) is 8.51. The van der Waals surface area contributed by atoms with E-state index in [0.29, 0.717) is 43.0 Å². The van der Waals surface area contributed by atoms with Crippen LogP contribution in [0.1, 0.15) is 23.2 Å². The van der Waals surface area contributed by atoms with Gasteiger partial charge in [0.05, 0.1) is 17.5 Å². The summed E-state index contributed by atoms with van der Waals surface area (Å²) >= 11 is 0. The maximum absolute atomic E-state index is 13.1. The lowest BCUT2D eigenvalue weighted by Gasteiger charge is -2.34. The lowest BCUT2D eigenvalue weighted by atomic mass is 10.1. The molecule has 1 aromatic heterocycles. The summed E-state index contributed by atoms with van der Waals surface area (Å²) in [4.78, 5) is 28.5. The normalized spacial score (nSPS) is 17.6. The number of halogens is 1. The number of H-pyrrole nitrogens is 1. The summed E-state index contributed by atoms with van der Waals surface area (Å²) in [5.74, 6) is -0.0113. The topological polar surface area (TPSA) is 69.3 Å². The third kappa shape index (κ3) is 3.14. The Morgan fingerprint density at radius 3 is 2.32 bits per heavy atom. The first kappa shape index (κ1) is 15.8. The minimum absolute atomic E-state index is 0.119. The largest absolute Gasteiger partial charge is 0.339 e. The first-order valence-electron chi connectivity index (χ1n) is 8.51. The van der Waals surface area contributed by atoms with Gasteiger partial charge in [-0.25, -0.2) is 4.39 Å². The van der Waals surface area contributed by atoms with Crippen molar-refractivity contribution in [2.45, 2.75) is 12.8 Å². The number of nitrogens with one attached hydrogen (secondary N) is 1. The van der Waals surface area contributed by atoms with Crippen LogP contribution in [0.4, 0.5) is 4.39 Å². The van der Waals surface area contributed by atoms with Crippen LogP contribution in [0.2, 0.25) is 0 Å². The Morgan fingerprint density at radius 1 is 1.04 bits per heavy atom. The van der Waals surface area contributed by atoms with Gasteiger partial charge >= 0.3 is 0 Å². The SMILES string of the molecule is O=C(c1cn[nH]c1-c1ccc(F)cc1)N1CCN(C(=O)C2CC2)CC1. The minimum Gasteiger partial charge on any atom is -0.339 e. The van der Waals surface area contributed by atoms with Gasteiger partial charge in [0.2, 0.25) is 5.91 Å². The molecular formula is C18H19FN4O2. The Kier molecular flexibility index (Phi) is 3.99. The number of piperazine rings is 1. The summed E-state index contributed by atoms with van der Waals surface area (Å²) in [6.07, 6.45) is 3.49. The maximum atomic E-state index is 13.1. The Balaban J connectivity index is 1.46. The van der Waals surface area contributed by atoms with Crippen molar-refractivity contribution in [1.82, 2.24) is 20.0 Å². The zero-order valence-corrected chi connectivity index (χ0v) is 13.7. The van der Waals surface area contributed by atoms with Gasteiger partial charge in [-0.15, -0.1) is 0 Å². The van der Waals surface area contributed by atoms with Crippen LogP contribution in [0, 0.1) is 11.7 Å². The molecule has 6 nitrogen and oxygen atoms in total. The number of aromatic amines is 1. The number of carbonyl (C=O) groups is 2. The van der Waals surface area contributed by atoms with E-state index in [4.69, 9.17) is 0 Å². The smallest absolute Gasteiger partial charge is 0.257 e. The van der Waals surface area contributed by atoms with E-state index in [1.165, 1.54) is 18.3 Å². The number of nitrogens with zero attached hydrogens (tertiary/aromatic N) is 3. The van der Waals surface area contributed by atoms with Crippen LogP contribution in [0.3, 0.4) is 0 Å². The fourth-order valence-electron chi connectivity index (χ4n) is 3.17. The van der Waals surface area contributed by atoms with Crippen molar-refractivity contribution in [2.75, 3.05) is 26.2 Å². The van der Waals surface area contributed by atoms with E-state index < -0.39 is 0 Å². The molecule has 2 amide bonds. The average molecular weight is 342 g/mol. The van der Waals surface area contributed by atoms with E-state index in [1.807, 2.05) is 4.90 Å². The van der Waals surface area contributed by atoms with Gasteiger partial charge in [-0.1, -0.05) is 0 Å². The molecule has 0 radical (unpaired) electrons. The van der Waals surface area contributed by atoms with Crippen molar-refractivity contribution in [3.05, 3.63) is 41.8 Å². The number of amides is 2. The molecular weight excluding hydrogens is 323 g/mol. The summed E-state index contributed by atoms with van der Waals surface area (Å²) in [6.45, 7) is 2.19. The van der Waals surface area contributed by atoms with Crippen molar-refractivity contribution < 1.29 is 14.0 Å². The second-order valence-electron chi connectivity index (χ2n) is 6.56. The lowest BCUT2D eigenvalue weighted by Crippen LogP contribution is -2.51. The summed E-state index contributed by atoms with van der Waals surface area (Å²) < 4.78 is 13.1. The molecule has 0 unspecified atom stereocenters. The van der Waals surface area contributed by atoms with Gasteiger partial charge in [0.1, 0.15) is 5.82 Å². The third-order valence-electron chi connectivity index (χ3n) is 4.81. The van der Waals surface area contributed by atoms with Crippen molar-refractivity contribution >= 4 is 11.8 Å². The van der Waals surface area contributed by atoms with Gasteiger partial charge in [0.15, 0.2) is 0 Å². The molecule has 130 valence electrons. The molecule has 2 aromatic rings. The van der Waals surface area contributed by atoms with Crippen LogP contribution in [-0.4, -0.2) is 58.0 Å². The highest BCUT2D eigenvalue weighted by molar-refractivity contribution is 5.99. The maximum Gasteiger partial charge on any atom is 0.257 e. The Bertz CT molecular complexity index is 790. The van der Waals surface area contributed by atoms with Crippen molar-refractivity contribution in [1.29, 1.82) is 0 Å². The van der Waals surface area contributed by atoms with Crippen molar-refractivity contribution in [2.24, 2.45) is 5.92 Å². The predicted molar refractivity (Wildman–Crippen MR) is 89.2 cm³/mol. The fraction of sp³-hybridized carbons (Fsp3) is 0.389. The molecule has 7 heteroatoms. The van der Waals surface area contributed by atoms with E-state index in [-0.39, 0.29) is 23.5 Å². The molecule has 1 aromatic carbocycles. The van der Waals surface area contributed by atoms with Crippen LogP contribution >= 0.6 is 0 Å². The predicted octanol–water partition coefficient (Wildman–Crippen LogP) is 1.91. The molecule has 2 fully saturated rings. The summed E-state index contributed by atoms with van der Waals surface area (Å²) in [7, 11) is 0. The van der Waals surface area contributed by atoms with Crippen LogP contribution in [0.25, 0.3) is 11.3 Å². The molecule has 2 aliphatic rings. The number of benzene rings is 1. The first-order chi connectivity index (χ1) is 12.1. The lowest BCUT2D eigenvalue weighted by molar-refractivity contribution is -0.134. The molecule has 1 aliphatic heterocycles. The van der Waals surface area contributed by atoms with E-state index >= 15 is 0 Å². The molecule has 0 atom stereocenters. The molecule has 2 heterocycles. The average Bonchev–Trinajstić information content (AvgIpc) is 3.38. The summed E-state index contributed by atoms with van der Waals surface area (Å²) in [5.41, 5.74) is 1.76. The Morgan fingerprint density at radius 2 is 1.68 bits per heavy atom. The second kappa shape index (κ2) is 6.31. The van der Waals surface area contributed by atoms with E-state index in [1.54, 1.807) is 17.0 Å². The van der Waals surface area contributed by atoms with E-state index in [2.05, 4.69) is 10.2 Å². The van der Waals surface area contributed by atoms with Crippen LogP contribution in [0.15, 0.2) is 30.5 Å². The monoisotopic (exact) mass is 342 g/mol. The number of carbonyl (C=O) groups excluding carboxylic acids is 2. The molecule has 1 saturated heterocycles. The number of rotatable bonds is 3. The van der Waals surface area contributed by atoms with Gasteiger partial charge in [-0.3, -0.25) is 14.7 Å². The van der Waals surface area contributed by atoms with Crippen LogP contribution in [0.5, 0.6) is 0 Å². The zero-order chi connectivity index (χ0) is 17.4. The van der Waals surface area contributed by atoms with Gasteiger partial charge < -0.3 is 9.80 Å². The van der Waals surface area contributed by atoms with Gasteiger partial charge in [0.25, 0.3) is 5.91 Å². The van der Waals surface area contributed by atoms with Gasteiger partial charge in [-0.2, -0.15) is 5.10 Å². The minimum atomic E-state index is -0.326. The second-order valence-corrected chi connectivity index (χ2v) is 6.56. The van der Waals surface area contributed by atoms with Crippen molar-refractivity contribution in [3.63, 3.8) is 0 Å². The van der Waals surface area contributed by atoms with E-state index in [0.717, 1.165) is 12.8 Å². The Labute approximate surface area is 144 Å². The summed E-state index contributed by atoms with van der Waals surface area (Å²) in [6, 6.07) is 5.94. The van der Waals surface area contributed by atoms with Crippen molar-refractivity contribution in [3.8, 4) is 11.3 Å². The highest BCUT2D eigenvalue weighted by Gasteiger charge is 2.35. The highest BCUT2D eigenvalue weighted by Crippen LogP contribution is 2.31. The quantitative estimate of drug-likeness (QED) is 0.926. The molecule has 0 bridgehead atoms. The number of hydrogen-bond donors (Lipinski definition) is 1. The molecule has 25 heavy (non-hydrogen) atoms. The van der Waals surface area contributed by atoms with Gasteiger partial charge in [0, 0.05) is 37.7 Å². The fourth-order valence-corrected chi connectivity index (χ4v) is 3.17. The number of hydrogen-bond acceptors (Lipinski definition) is 3. The standard InChI is InChI=1S/C18H19FN4O2/c19-14-5-3-12(4-6-14)16-15(11-20-21-16)18(25)23-9-7-22(8-10-23)17(24)13-1-2-13/h3-6,11,13H,1-2,7-10H2,(H,20,21). The van der Waals surface area contributed by atoms with Gasteiger partial charge in [-0.05, 0) is 37.1 Å². The highest BCUT2D eigenvalue weighted by atomic mass is 19.1. The number of aromatic nitrogens is 2. The Hall–Kier alpha value is -2.70. The molecule has 0 spiro atoms. The molecule has 4 rings (SSSR count). The zero-order valence-electron chi connectivity index (χ0n) is 13.7. The van der Waals surface area contributed by atoms with E-state index in [9.17, 15) is 14.0 Å².